The Morgan fingerprint density at radius 3 is 2.72 bits per heavy atom. The lowest BCUT2D eigenvalue weighted by molar-refractivity contribution is 0.0691. The van der Waals surface area contributed by atoms with Crippen LogP contribution in [0.1, 0.15) is 25.8 Å². The number of carboxylic acids is 1. The smallest absolute Gasteiger partial charge is 0.358 e. The molecule has 2 aromatic rings. The number of aromatic carboxylic acids is 1. The van der Waals surface area contributed by atoms with E-state index in [9.17, 15) is 4.79 Å². The minimum atomic E-state index is -1.08. The Bertz CT molecular complexity index is 561. The van der Waals surface area contributed by atoms with Crippen LogP contribution in [-0.2, 0) is 6.54 Å². The van der Waals surface area contributed by atoms with Crippen LogP contribution in [-0.4, -0.2) is 21.0 Å². The van der Waals surface area contributed by atoms with Gasteiger partial charge in [-0.2, -0.15) is 0 Å². The van der Waals surface area contributed by atoms with E-state index in [0.717, 1.165) is 4.88 Å². The van der Waals surface area contributed by atoms with Gasteiger partial charge in [-0.15, -0.1) is 11.3 Å². The van der Waals surface area contributed by atoms with Crippen LogP contribution in [0.5, 0.6) is 0 Å². The molecule has 0 aromatic carbocycles. The molecule has 0 aliphatic carbocycles. The molecule has 0 aliphatic rings. The van der Waals surface area contributed by atoms with E-state index in [1.54, 1.807) is 11.3 Å². The molecule has 94 valence electrons. The number of carboxylic acid groups (broad SMARTS) is 1. The third-order valence-corrected chi connectivity index (χ3v) is 3.70. The normalized spacial score (nSPS) is 10.3. The number of carbonyl (C=O) groups is 1. The van der Waals surface area contributed by atoms with Gasteiger partial charge in [-0.1, -0.05) is 0 Å². The average Bonchev–Trinajstić information content (AvgIpc) is 2.66. The van der Waals surface area contributed by atoms with Crippen molar-refractivity contribution in [3.05, 3.63) is 39.5 Å². The van der Waals surface area contributed by atoms with Crippen LogP contribution in [0.2, 0.25) is 0 Å². The van der Waals surface area contributed by atoms with E-state index in [2.05, 4.69) is 35.2 Å². The fourth-order valence-corrected chi connectivity index (χ4v) is 2.52. The first-order chi connectivity index (χ1) is 8.58. The zero-order valence-corrected chi connectivity index (χ0v) is 10.9. The summed E-state index contributed by atoms with van der Waals surface area (Å²) in [4.78, 5) is 21.2. The molecule has 0 fully saturated rings. The van der Waals surface area contributed by atoms with Crippen LogP contribution in [0, 0.1) is 13.8 Å². The second kappa shape index (κ2) is 5.14. The van der Waals surface area contributed by atoms with Crippen LogP contribution >= 0.6 is 11.3 Å². The number of aryl methyl sites for hydroxylation is 2. The standard InChI is InChI=1S/C12H13N3O2S/c1-7-5-9(18-8(7)2)6-15-11-10(12(16)17)13-3-4-14-11/h3-5H,6H2,1-2H3,(H,14,15)(H,16,17). The Balaban J connectivity index is 2.13. The van der Waals surface area contributed by atoms with Crippen LogP contribution in [0.25, 0.3) is 0 Å². The van der Waals surface area contributed by atoms with Gasteiger partial charge in [0, 0.05) is 22.1 Å². The number of hydrogen-bond donors (Lipinski definition) is 2. The number of hydrogen-bond acceptors (Lipinski definition) is 5. The van der Waals surface area contributed by atoms with Gasteiger partial charge in [0.1, 0.15) is 0 Å². The molecule has 0 saturated heterocycles. The second-order valence-corrected chi connectivity index (χ2v) is 5.21. The summed E-state index contributed by atoms with van der Waals surface area (Å²) < 4.78 is 0. The van der Waals surface area contributed by atoms with Crippen molar-refractivity contribution in [2.24, 2.45) is 0 Å². The zero-order chi connectivity index (χ0) is 13.1. The first-order valence-corrected chi connectivity index (χ1v) is 6.23. The summed E-state index contributed by atoms with van der Waals surface area (Å²) in [6.45, 7) is 4.67. The van der Waals surface area contributed by atoms with Crippen LogP contribution < -0.4 is 5.32 Å². The van der Waals surface area contributed by atoms with Crippen LogP contribution in [0.4, 0.5) is 5.82 Å². The molecule has 0 aliphatic heterocycles. The Labute approximate surface area is 109 Å². The van der Waals surface area contributed by atoms with E-state index in [0.29, 0.717) is 12.4 Å². The lowest BCUT2D eigenvalue weighted by Crippen LogP contribution is -2.09. The van der Waals surface area contributed by atoms with Gasteiger partial charge in [0.2, 0.25) is 0 Å². The molecule has 2 heterocycles. The van der Waals surface area contributed by atoms with Crippen molar-refractivity contribution in [3.8, 4) is 0 Å². The van der Waals surface area contributed by atoms with Crippen LogP contribution in [0.3, 0.4) is 0 Å². The highest BCUT2D eigenvalue weighted by molar-refractivity contribution is 7.12. The second-order valence-electron chi connectivity index (χ2n) is 3.86. The van der Waals surface area contributed by atoms with Crippen molar-refractivity contribution in [2.45, 2.75) is 20.4 Å². The van der Waals surface area contributed by atoms with E-state index >= 15 is 0 Å². The van der Waals surface area contributed by atoms with Gasteiger partial charge in [0.15, 0.2) is 11.5 Å². The molecule has 2 rings (SSSR count). The van der Waals surface area contributed by atoms with Gasteiger partial charge in [-0.25, -0.2) is 14.8 Å². The lowest BCUT2D eigenvalue weighted by Gasteiger charge is -2.05. The summed E-state index contributed by atoms with van der Waals surface area (Å²) in [7, 11) is 0. The summed E-state index contributed by atoms with van der Waals surface area (Å²) >= 11 is 1.69. The molecule has 0 atom stereocenters. The molecule has 0 bridgehead atoms. The SMILES string of the molecule is Cc1cc(CNc2nccnc2C(=O)O)sc1C. The molecule has 5 nitrogen and oxygen atoms in total. The predicted octanol–water partition coefficient (Wildman–Crippen LogP) is 2.47. The average molecular weight is 263 g/mol. The molecular weight excluding hydrogens is 250 g/mol. The number of nitrogens with one attached hydrogen (secondary N) is 1. The maximum absolute atomic E-state index is 11.0. The molecule has 0 unspecified atom stereocenters. The Kier molecular flexibility index (Phi) is 3.57. The fraction of sp³-hybridized carbons (Fsp3) is 0.250. The molecule has 0 saturated carbocycles. The topological polar surface area (TPSA) is 75.1 Å². The van der Waals surface area contributed by atoms with Gasteiger partial charge in [0.05, 0.1) is 6.54 Å². The molecular formula is C12H13N3O2S. The molecule has 2 N–H and O–H groups in total. The first-order valence-electron chi connectivity index (χ1n) is 5.42. The molecule has 0 amide bonds. The van der Waals surface area contributed by atoms with Crippen molar-refractivity contribution in [1.82, 2.24) is 9.97 Å². The van der Waals surface area contributed by atoms with Crippen LogP contribution in [0.15, 0.2) is 18.5 Å². The maximum atomic E-state index is 11.0. The van der Waals surface area contributed by atoms with Crippen molar-refractivity contribution in [1.29, 1.82) is 0 Å². The number of aromatic nitrogens is 2. The van der Waals surface area contributed by atoms with Gasteiger partial charge in [0.25, 0.3) is 0 Å². The van der Waals surface area contributed by atoms with Crippen molar-refractivity contribution < 1.29 is 9.90 Å². The Morgan fingerprint density at radius 1 is 1.39 bits per heavy atom. The maximum Gasteiger partial charge on any atom is 0.358 e. The van der Waals surface area contributed by atoms with Gasteiger partial charge in [-0.3, -0.25) is 0 Å². The van der Waals surface area contributed by atoms with Gasteiger partial charge >= 0.3 is 5.97 Å². The van der Waals surface area contributed by atoms with E-state index in [4.69, 9.17) is 5.11 Å². The van der Waals surface area contributed by atoms with E-state index < -0.39 is 5.97 Å². The molecule has 18 heavy (non-hydrogen) atoms. The zero-order valence-electron chi connectivity index (χ0n) is 10.1. The van der Waals surface area contributed by atoms with Crippen molar-refractivity contribution in [3.63, 3.8) is 0 Å². The fourth-order valence-electron chi connectivity index (χ4n) is 1.53. The molecule has 0 radical (unpaired) electrons. The molecule has 2 aromatic heterocycles. The molecule has 6 heteroatoms. The number of rotatable bonds is 4. The third-order valence-electron chi connectivity index (χ3n) is 2.55. The Morgan fingerprint density at radius 2 is 2.11 bits per heavy atom. The summed E-state index contributed by atoms with van der Waals surface area (Å²) in [6, 6.07) is 2.09. The number of thiophene rings is 1. The van der Waals surface area contributed by atoms with Gasteiger partial charge < -0.3 is 10.4 Å². The minimum absolute atomic E-state index is 0.0532. The first kappa shape index (κ1) is 12.5. The minimum Gasteiger partial charge on any atom is -0.476 e. The summed E-state index contributed by atoms with van der Waals surface area (Å²) in [5.74, 6) is -0.780. The molecule has 0 spiro atoms. The summed E-state index contributed by atoms with van der Waals surface area (Å²) in [6.07, 6.45) is 2.84. The lowest BCUT2D eigenvalue weighted by atomic mass is 10.3. The quantitative estimate of drug-likeness (QED) is 0.886. The monoisotopic (exact) mass is 263 g/mol. The Hall–Kier alpha value is -1.95. The highest BCUT2D eigenvalue weighted by Gasteiger charge is 2.12. The van der Waals surface area contributed by atoms with Gasteiger partial charge in [-0.05, 0) is 25.5 Å². The van der Waals surface area contributed by atoms with E-state index in [-0.39, 0.29) is 5.69 Å². The summed E-state index contributed by atoms with van der Waals surface area (Å²) in [5, 5.41) is 12.0. The van der Waals surface area contributed by atoms with Crippen molar-refractivity contribution in [2.75, 3.05) is 5.32 Å². The highest BCUT2D eigenvalue weighted by Crippen LogP contribution is 2.21. The predicted molar refractivity (Wildman–Crippen MR) is 70.1 cm³/mol. The number of anilines is 1. The van der Waals surface area contributed by atoms with E-state index in [1.807, 2.05) is 0 Å². The van der Waals surface area contributed by atoms with E-state index in [1.165, 1.54) is 22.8 Å². The highest BCUT2D eigenvalue weighted by atomic mass is 32.1. The number of nitrogens with zero attached hydrogens (tertiary/aromatic N) is 2. The largest absolute Gasteiger partial charge is 0.476 e. The van der Waals surface area contributed by atoms with Crippen molar-refractivity contribution >= 4 is 23.1 Å². The third kappa shape index (κ3) is 2.65. The summed E-state index contributed by atoms with van der Waals surface area (Å²) in [5.41, 5.74) is 1.19.